The smallest absolute Gasteiger partial charge is 0.275 e. The normalized spacial score (nSPS) is 9.64. The Morgan fingerprint density at radius 3 is 2.36 bits per heavy atom. The fraction of sp³-hybridized carbons (Fsp3) is 0. The molecule has 2 aromatic carbocycles. The van der Waals surface area contributed by atoms with Gasteiger partial charge in [0.15, 0.2) is 5.01 Å². The zero-order chi connectivity index (χ0) is 15.2. The third-order valence-electron chi connectivity index (χ3n) is 2.86. The van der Waals surface area contributed by atoms with Gasteiger partial charge in [0.1, 0.15) is 5.69 Å². The summed E-state index contributed by atoms with van der Waals surface area (Å²) < 4.78 is 0. The van der Waals surface area contributed by atoms with Crippen LogP contribution in [0.2, 0.25) is 0 Å². The predicted octanol–water partition coefficient (Wildman–Crippen LogP) is 3.80. The minimum Gasteiger partial charge on any atom is -0.321 e. The molecule has 0 spiro atoms. The Kier molecular flexibility index (Phi) is 4.28. The fourth-order valence-corrected chi connectivity index (χ4v) is 2.44. The molecule has 1 aromatic heterocycles. The summed E-state index contributed by atoms with van der Waals surface area (Å²) in [4.78, 5) is 16.3. The summed E-state index contributed by atoms with van der Waals surface area (Å²) in [5.41, 5.74) is 2.05. The maximum absolute atomic E-state index is 12.1. The highest BCUT2D eigenvalue weighted by Gasteiger charge is 2.09. The van der Waals surface area contributed by atoms with Crippen LogP contribution < -0.4 is 5.32 Å². The molecular weight excluding hydrogens is 292 g/mol. The molecule has 1 heterocycles. The molecule has 1 N–H and O–H groups in total. The van der Waals surface area contributed by atoms with Crippen molar-refractivity contribution in [1.29, 1.82) is 0 Å². The lowest BCUT2D eigenvalue weighted by molar-refractivity contribution is 0.102. The second-order valence-electron chi connectivity index (χ2n) is 4.47. The molecule has 0 saturated carbocycles. The van der Waals surface area contributed by atoms with Gasteiger partial charge in [-0.05, 0) is 30.2 Å². The molecule has 0 fully saturated rings. The summed E-state index contributed by atoms with van der Waals surface area (Å²) in [5.74, 6) is 5.78. The van der Waals surface area contributed by atoms with Crippen molar-refractivity contribution in [2.24, 2.45) is 0 Å². The van der Waals surface area contributed by atoms with Crippen LogP contribution in [-0.2, 0) is 0 Å². The number of hydrogen-bond acceptors (Lipinski definition) is 3. The van der Waals surface area contributed by atoms with Gasteiger partial charge < -0.3 is 5.32 Å². The first-order valence-corrected chi connectivity index (χ1v) is 7.58. The zero-order valence-electron chi connectivity index (χ0n) is 11.6. The minimum absolute atomic E-state index is 0.227. The Bertz CT molecular complexity index is 830. The van der Waals surface area contributed by atoms with Gasteiger partial charge in [-0.25, -0.2) is 4.98 Å². The van der Waals surface area contributed by atoms with Crippen molar-refractivity contribution in [3.63, 3.8) is 0 Å². The van der Waals surface area contributed by atoms with Gasteiger partial charge in [-0.3, -0.25) is 4.79 Å². The highest BCUT2D eigenvalue weighted by Crippen LogP contribution is 2.12. The lowest BCUT2D eigenvalue weighted by atomic mass is 10.2. The van der Waals surface area contributed by atoms with Gasteiger partial charge in [-0.1, -0.05) is 42.3 Å². The Balaban J connectivity index is 1.71. The number of aromatic nitrogens is 1. The van der Waals surface area contributed by atoms with Crippen LogP contribution in [0.5, 0.6) is 0 Å². The number of carbonyl (C=O) groups excluding carboxylic acids is 1. The molecule has 22 heavy (non-hydrogen) atoms. The molecule has 0 unspecified atom stereocenters. The van der Waals surface area contributed by atoms with E-state index in [1.807, 2.05) is 60.7 Å². The molecule has 0 aliphatic rings. The number of para-hydroxylation sites is 1. The molecule has 1 amide bonds. The average molecular weight is 304 g/mol. The molecule has 0 bridgehead atoms. The van der Waals surface area contributed by atoms with E-state index in [9.17, 15) is 4.79 Å². The highest BCUT2D eigenvalue weighted by molar-refractivity contribution is 7.10. The standard InChI is InChI=1S/C18H12N2OS/c21-18(19-15-9-5-2-6-10-15)16-13-22-17(20-16)12-11-14-7-3-1-4-8-14/h1-10,13H,(H,19,21). The number of carbonyl (C=O) groups is 1. The Morgan fingerprint density at radius 2 is 1.64 bits per heavy atom. The first-order chi connectivity index (χ1) is 10.8. The number of nitrogens with zero attached hydrogens (tertiary/aromatic N) is 1. The van der Waals surface area contributed by atoms with E-state index in [4.69, 9.17) is 0 Å². The van der Waals surface area contributed by atoms with Gasteiger partial charge in [0.2, 0.25) is 0 Å². The first kappa shape index (κ1) is 14.1. The summed E-state index contributed by atoms with van der Waals surface area (Å²) in [7, 11) is 0. The van der Waals surface area contributed by atoms with Crippen molar-refractivity contribution < 1.29 is 4.79 Å². The predicted molar refractivity (Wildman–Crippen MR) is 88.9 cm³/mol. The van der Waals surface area contributed by atoms with Crippen LogP contribution in [0.15, 0.2) is 66.0 Å². The van der Waals surface area contributed by atoms with Gasteiger partial charge in [-0.2, -0.15) is 0 Å². The third-order valence-corrected chi connectivity index (χ3v) is 3.61. The van der Waals surface area contributed by atoms with Crippen LogP contribution in [0.4, 0.5) is 5.69 Å². The summed E-state index contributed by atoms with van der Waals surface area (Å²) in [6.07, 6.45) is 0. The Hall–Kier alpha value is -2.90. The maximum atomic E-state index is 12.1. The molecule has 0 saturated heterocycles. The van der Waals surface area contributed by atoms with E-state index in [0.29, 0.717) is 10.7 Å². The maximum Gasteiger partial charge on any atom is 0.275 e. The summed E-state index contributed by atoms with van der Waals surface area (Å²) >= 11 is 1.36. The van der Waals surface area contributed by atoms with Crippen LogP contribution in [0, 0.1) is 11.8 Å². The van der Waals surface area contributed by atoms with Gasteiger partial charge in [0.25, 0.3) is 5.91 Å². The Morgan fingerprint density at radius 1 is 0.955 bits per heavy atom. The first-order valence-electron chi connectivity index (χ1n) is 6.70. The number of anilines is 1. The highest BCUT2D eigenvalue weighted by atomic mass is 32.1. The van der Waals surface area contributed by atoms with E-state index in [1.54, 1.807) is 5.38 Å². The summed E-state index contributed by atoms with van der Waals surface area (Å²) in [6, 6.07) is 19.0. The van der Waals surface area contributed by atoms with Crippen LogP contribution in [0.25, 0.3) is 0 Å². The number of thiazole rings is 1. The summed E-state index contributed by atoms with van der Waals surface area (Å²) in [5, 5.41) is 5.14. The summed E-state index contributed by atoms with van der Waals surface area (Å²) in [6.45, 7) is 0. The number of hydrogen-bond donors (Lipinski definition) is 1. The van der Waals surface area contributed by atoms with Crippen molar-refractivity contribution in [1.82, 2.24) is 4.98 Å². The molecule has 3 aromatic rings. The lowest BCUT2D eigenvalue weighted by Gasteiger charge is -2.01. The number of nitrogens with one attached hydrogen (secondary N) is 1. The van der Waals surface area contributed by atoms with Crippen molar-refractivity contribution in [2.75, 3.05) is 5.32 Å². The SMILES string of the molecule is O=C(Nc1ccccc1)c1csc(C#Cc2ccccc2)n1. The van der Waals surface area contributed by atoms with E-state index in [2.05, 4.69) is 22.1 Å². The topological polar surface area (TPSA) is 42.0 Å². The molecule has 3 rings (SSSR count). The molecule has 106 valence electrons. The Labute approximate surface area is 132 Å². The molecule has 0 aliphatic heterocycles. The zero-order valence-corrected chi connectivity index (χ0v) is 12.4. The van der Waals surface area contributed by atoms with Gasteiger partial charge in [-0.15, -0.1) is 11.3 Å². The van der Waals surface area contributed by atoms with Gasteiger partial charge >= 0.3 is 0 Å². The molecular formula is C18H12N2OS. The average Bonchev–Trinajstić information content (AvgIpc) is 3.04. The largest absolute Gasteiger partial charge is 0.321 e. The van der Waals surface area contributed by atoms with Crippen LogP contribution >= 0.6 is 11.3 Å². The van der Waals surface area contributed by atoms with E-state index in [1.165, 1.54) is 11.3 Å². The van der Waals surface area contributed by atoms with Crippen LogP contribution in [0.1, 0.15) is 21.1 Å². The van der Waals surface area contributed by atoms with Crippen molar-refractivity contribution >= 4 is 22.9 Å². The number of rotatable bonds is 2. The van der Waals surface area contributed by atoms with Crippen molar-refractivity contribution in [3.05, 3.63) is 82.3 Å². The molecule has 0 atom stereocenters. The number of benzene rings is 2. The second-order valence-corrected chi connectivity index (χ2v) is 5.33. The fourth-order valence-electron chi connectivity index (χ4n) is 1.80. The lowest BCUT2D eigenvalue weighted by Crippen LogP contribution is -2.12. The van der Waals surface area contributed by atoms with Gasteiger partial charge in [0, 0.05) is 16.6 Å². The van der Waals surface area contributed by atoms with Crippen molar-refractivity contribution in [3.8, 4) is 11.8 Å². The van der Waals surface area contributed by atoms with Crippen molar-refractivity contribution in [2.45, 2.75) is 0 Å². The molecule has 0 radical (unpaired) electrons. The van der Waals surface area contributed by atoms with E-state index in [-0.39, 0.29) is 5.91 Å². The molecule has 0 aliphatic carbocycles. The second kappa shape index (κ2) is 6.70. The van der Waals surface area contributed by atoms with Crippen LogP contribution in [0.3, 0.4) is 0 Å². The minimum atomic E-state index is -0.227. The molecule has 4 heteroatoms. The van der Waals surface area contributed by atoms with E-state index >= 15 is 0 Å². The van der Waals surface area contributed by atoms with E-state index < -0.39 is 0 Å². The quantitative estimate of drug-likeness (QED) is 0.732. The van der Waals surface area contributed by atoms with Gasteiger partial charge in [0.05, 0.1) is 0 Å². The van der Waals surface area contributed by atoms with Crippen LogP contribution in [-0.4, -0.2) is 10.9 Å². The monoisotopic (exact) mass is 304 g/mol. The third kappa shape index (κ3) is 3.60. The molecule has 3 nitrogen and oxygen atoms in total. The number of amides is 1. The van der Waals surface area contributed by atoms with E-state index in [0.717, 1.165) is 11.3 Å².